The molecular weight excluding hydrogens is 190 g/mol. The molecule has 1 aromatic heterocycles. The summed E-state index contributed by atoms with van der Waals surface area (Å²) in [5, 5.41) is 3.98. The number of aromatic nitrogens is 3. The minimum absolute atomic E-state index is 0.159. The van der Waals surface area contributed by atoms with Crippen molar-refractivity contribution >= 4 is 6.29 Å². The number of hydrogen-bond acceptors (Lipinski definition) is 3. The maximum absolute atomic E-state index is 11.0. The van der Waals surface area contributed by atoms with E-state index < -0.39 is 0 Å². The van der Waals surface area contributed by atoms with Crippen molar-refractivity contribution < 1.29 is 4.79 Å². The van der Waals surface area contributed by atoms with Gasteiger partial charge in [-0.05, 0) is 5.56 Å². The Morgan fingerprint density at radius 3 is 2.73 bits per heavy atom. The molecule has 0 aliphatic heterocycles. The fraction of sp³-hybridized carbons (Fsp3) is 0.182. The summed E-state index contributed by atoms with van der Waals surface area (Å²) in [6.07, 6.45) is 4.02. The molecule has 0 N–H and O–H groups in total. The number of carbonyl (C=O) groups is 1. The lowest BCUT2D eigenvalue weighted by atomic mass is 10.0. The van der Waals surface area contributed by atoms with Crippen molar-refractivity contribution in [1.82, 2.24) is 14.8 Å². The molecule has 0 amide bonds. The summed E-state index contributed by atoms with van der Waals surface area (Å²) >= 11 is 0. The van der Waals surface area contributed by atoms with Gasteiger partial charge in [-0.25, -0.2) is 4.98 Å². The maximum Gasteiger partial charge on any atom is 0.137 e. The zero-order chi connectivity index (χ0) is 10.5. The molecule has 76 valence electrons. The Balaban J connectivity index is 2.15. The van der Waals surface area contributed by atoms with Crippen molar-refractivity contribution in [2.75, 3.05) is 0 Å². The van der Waals surface area contributed by atoms with Gasteiger partial charge in [-0.3, -0.25) is 4.68 Å². The van der Waals surface area contributed by atoms with Gasteiger partial charge in [-0.15, -0.1) is 0 Å². The lowest BCUT2D eigenvalue weighted by molar-refractivity contribution is -0.109. The summed E-state index contributed by atoms with van der Waals surface area (Å²) in [5.41, 5.74) is 1.00. The molecule has 2 aromatic rings. The second kappa shape index (κ2) is 4.50. The highest BCUT2D eigenvalue weighted by atomic mass is 16.1. The van der Waals surface area contributed by atoms with Crippen LogP contribution in [0.15, 0.2) is 43.0 Å². The monoisotopic (exact) mass is 201 g/mol. The van der Waals surface area contributed by atoms with Crippen LogP contribution in [-0.2, 0) is 11.3 Å². The van der Waals surface area contributed by atoms with Crippen molar-refractivity contribution in [2.24, 2.45) is 0 Å². The first-order valence-electron chi connectivity index (χ1n) is 4.73. The predicted octanol–water partition coefficient (Wildman–Crippen LogP) is 1.26. The van der Waals surface area contributed by atoms with Crippen LogP contribution in [-0.4, -0.2) is 21.1 Å². The highest BCUT2D eigenvalue weighted by Gasteiger charge is 2.10. The highest BCUT2D eigenvalue weighted by molar-refractivity contribution is 5.61. The number of benzene rings is 1. The van der Waals surface area contributed by atoms with Gasteiger partial charge >= 0.3 is 0 Å². The van der Waals surface area contributed by atoms with Crippen molar-refractivity contribution in [3.05, 3.63) is 48.5 Å². The van der Waals surface area contributed by atoms with E-state index in [1.54, 1.807) is 11.0 Å². The second-order valence-electron chi connectivity index (χ2n) is 3.27. The normalized spacial score (nSPS) is 12.3. The first-order valence-corrected chi connectivity index (χ1v) is 4.73. The fourth-order valence-electron chi connectivity index (χ4n) is 1.46. The number of aldehydes is 1. The van der Waals surface area contributed by atoms with Gasteiger partial charge in [0.2, 0.25) is 0 Å². The zero-order valence-electron chi connectivity index (χ0n) is 8.15. The van der Waals surface area contributed by atoms with Crippen molar-refractivity contribution in [3.8, 4) is 0 Å². The summed E-state index contributed by atoms with van der Waals surface area (Å²) < 4.78 is 1.66. The SMILES string of the molecule is O=CC(Cn1cncn1)c1ccccc1. The van der Waals surface area contributed by atoms with Crippen molar-refractivity contribution in [3.63, 3.8) is 0 Å². The number of nitrogens with zero attached hydrogens (tertiary/aromatic N) is 3. The Hall–Kier alpha value is -1.97. The summed E-state index contributed by atoms with van der Waals surface area (Å²) in [5.74, 6) is -0.159. The van der Waals surface area contributed by atoms with Crippen LogP contribution in [0.2, 0.25) is 0 Å². The minimum Gasteiger partial charge on any atom is -0.303 e. The third kappa shape index (κ3) is 2.28. The van der Waals surface area contributed by atoms with Gasteiger partial charge in [0.15, 0.2) is 0 Å². The Morgan fingerprint density at radius 1 is 1.33 bits per heavy atom. The Labute approximate surface area is 87.6 Å². The van der Waals surface area contributed by atoms with Gasteiger partial charge in [0, 0.05) is 0 Å². The van der Waals surface area contributed by atoms with E-state index >= 15 is 0 Å². The van der Waals surface area contributed by atoms with Crippen molar-refractivity contribution in [1.29, 1.82) is 0 Å². The Morgan fingerprint density at radius 2 is 2.13 bits per heavy atom. The molecule has 0 bridgehead atoms. The first-order chi connectivity index (χ1) is 7.40. The molecule has 0 aliphatic rings. The Kier molecular flexibility index (Phi) is 2.88. The largest absolute Gasteiger partial charge is 0.303 e. The van der Waals surface area contributed by atoms with E-state index in [4.69, 9.17) is 0 Å². The molecule has 1 aromatic carbocycles. The van der Waals surface area contributed by atoms with E-state index in [0.717, 1.165) is 11.8 Å². The van der Waals surface area contributed by atoms with Crippen LogP contribution < -0.4 is 0 Å². The highest BCUT2D eigenvalue weighted by Crippen LogP contribution is 2.14. The topological polar surface area (TPSA) is 47.8 Å². The van der Waals surface area contributed by atoms with Crippen LogP contribution in [0.3, 0.4) is 0 Å². The van der Waals surface area contributed by atoms with Gasteiger partial charge in [0.25, 0.3) is 0 Å². The first kappa shape index (κ1) is 9.58. The molecule has 0 fully saturated rings. The molecule has 15 heavy (non-hydrogen) atoms. The molecular formula is C11H11N3O. The third-order valence-corrected chi connectivity index (χ3v) is 2.24. The number of hydrogen-bond donors (Lipinski definition) is 0. The standard InChI is InChI=1S/C11H11N3O/c15-7-11(6-14-9-12-8-13-14)10-4-2-1-3-5-10/h1-5,7-9,11H,6H2. The Bertz CT molecular complexity index is 411. The van der Waals surface area contributed by atoms with Gasteiger partial charge in [0.05, 0.1) is 12.5 Å². The van der Waals surface area contributed by atoms with Crippen LogP contribution in [0, 0.1) is 0 Å². The predicted molar refractivity (Wildman–Crippen MR) is 55.3 cm³/mol. The molecule has 0 radical (unpaired) electrons. The fourth-order valence-corrected chi connectivity index (χ4v) is 1.46. The molecule has 0 saturated carbocycles. The second-order valence-corrected chi connectivity index (χ2v) is 3.27. The summed E-state index contributed by atoms with van der Waals surface area (Å²) in [6, 6.07) is 9.66. The number of carbonyl (C=O) groups excluding carboxylic acids is 1. The molecule has 0 spiro atoms. The molecule has 4 nitrogen and oxygen atoms in total. The van der Waals surface area contributed by atoms with E-state index in [9.17, 15) is 4.79 Å². The smallest absolute Gasteiger partial charge is 0.137 e. The molecule has 0 aliphatic carbocycles. The average Bonchev–Trinajstić information content (AvgIpc) is 2.80. The van der Waals surface area contributed by atoms with Crippen LogP contribution in [0.4, 0.5) is 0 Å². The number of rotatable bonds is 4. The lowest BCUT2D eigenvalue weighted by Crippen LogP contribution is -2.10. The molecule has 1 heterocycles. The van der Waals surface area contributed by atoms with Crippen LogP contribution >= 0.6 is 0 Å². The van der Waals surface area contributed by atoms with E-state index in [-0.39, 0.29) is 5.92 Å². The van der Waals surface area contributed by atoms with Gasteiger partial charge in [-0.2, -0.15) is 5.10 Å². The van der Waals surface area contributed by atoms with Gasteiger partial charge in [-0.1, -0.05) is 30.3 Å². The van der Waals surface area contributed by atoms with Crippen LogP contribution in [0.25, 0.3) is 0 Å². The summed E-state index contributed by atoms with van der Waals surface area (Å²) in [7, 11) is 0. The quantitative estimate of drug-likeness (QED) is 0.700. The van der Waals surface area contributed by atoms with E-state index in [0.29, 0.717) is 6.54 Å². The molecule has 1 unspecified atom stereocenters. The van der Waals surface area contributed by atoms with E-state index in [1.165, 1.54) is 6.33 Å². The average molecular weight is 201 g/mol. The molecule has 4 heteroatoms. The van der Waals surface area contributed by atoms with Gasteiger partial charge < -0.3 is 4.79 Å². The molecule has 0 saturated heterocycles. The van der Waals surface area contributed by atoms with Crippen LogP contribution in [0.1, 0.15) is 11.5 Å². The molecule has 1 atom stereocenters. The zero-order valence-corrected chi connectivity index (χ0v) is 8.15. The van der Waals surface area contributed by atoms with Gasteiger partial charge in [0.1, 0.15) is 18.9 Å². The van der Waals surface area contributed by atoms with Crippen LogP contribution in [0.5, 0.6) is 0 Å². The van der Waals surface area contributed by atoms with E-state index in [1.807, 2.05) is 30.3 Å². The van der Waals surface area contributed by atoms with E-state index in [2.05, 4.69) is 10.1 Å². The third-order valence-electron chi connectivity index (χ3n) is 2.24. The minimum atomic E-state index is -0.159. The lowest BCUT2D eigenvalue weighted by Gasteiger charge is -2.09. The summed E-state index contributed by atoms with van der Waals surface area (Å²) in [4.78, 5) is 14.8. The van der Waals surface area contributed by atoms with Crippen molar-refractivity contribution in [2.45, 2.75) is 12.5 Å². The maximum atomic E-state index is 11.0. The molecule has 2 rings (SSSR count). The summed E-state index contributed by atoms with van der Waals surface area (Å²) in [6.45, 7) is 0.535.